The molecule has 0 amide bonds. The van der Waals surface area contributed by atoms with Crippen LogP contribution in [-0.4, -0.2) is 20.2 Å². The van der Waals surface area contributed by atoms with Crippen molar-refractivity contribution in [2.45, 2.75) is 42.8 Å². The van der Waals surface area contributed by atoms with E-state index in [-0.39, 0.29) is 5.25 Å². The Balaban J connectivity index is 2.21. The zero-order chi connectivity index (χ0) is 12.3. The van der Waals surface area contributed by atoms with Crippen LogP contribution in [0.2, 0.25) is 0 Å². The minimum Gasteiger partial charge on any atom is -0.385 e. The quantitative estimate of drug-likeness (QED) is 0.897. The lowest BCUT2D eigenvalue weighted by Crippen LogP contribution is -2.17. The van der Waals surface area contributed by atoms with E-state index in [1.807, 2.05) is 19.1 Å². The van der Waals surface area contributed by atoms with E-state index >= 15 is 0 Å². The van der Waals surface area contributed by atoms with Gasteiger partial charge in [-0.1, -0.05) is 12.8 Å². The molecule has 1 aliphatic carbocycles. The predicted molar refractivity (Wildman–Crippen MR) is 70.0 cm³/mol. The van der Waals surface area contributed by atoms with Crippen molar-refractivity contribution in [2.75, 3.05) is 11.9 Å². The van der Waals surface area contributed by atoms with Gasteiger partial charge in [-0.05, 0) is 44.0 Å². The molecule has 0 unspecified atom stereocenters. The molecular weight excluding hydrogens is 234 g/mol. The monoisotopic (exact) mass is 253 g/mol. The molecule has 1 saturated carbocycles. The Bertz CT molecular complexity index is 459. The van der Waals surface area contributed by atoms with Gasteiger partial charge in [-0.2, -0.15) is 0 Å². The van der Waals surface area contributed by atoms with E-state index in [0.29, 0.717) is 4.90 Å². The number of rotatable bonds is 4. The molecule has 0 radical (unpaired) electrons. The van der Waals surface area contributed by atoms with Crippen molar-refractivity contribution in [3.8, 4) is 0 Å². The van der Waals surface area contributed by atoms with E-state index in [1.54, 1.807) is 12.1 Å². The minimum atomic E-state index is -3.10. The molecule has 0 spiro atoms. The highest BCUT2D eigenvalue weighted by atomic mass is 32.2. The molecule has 0 bridgehead atoms. The third-order valence-corrected chi connectivity index (χ3v) is 5.58. The third kappa shape index (κ3) is 2.63. The van der Waals surface area contributed by atoms with Crippen LogP contribution in [0.4, 0.5) is 5.69 Å². The summed E-state index contributed by atoms with van der Waals surface area (Å²) in [5, 5.41) is 3.00. The van der Waals surface area contributed by atoms with Crippen molar-refractivity contribution >= 4 is 15.5 Å². The highest BCUT2D eigenvalue weighted by molar-refractivity contribution is 7.92. The topological polar surface area (TPSA) is 46.2 Å². The molecule has 0 saturated heterocycles. The molecule has 0 atom stereocenters. The number of benzene rings is 1. The van der Waals surface area contributed by atoms with Crippen LogP contribution in [-0.2, 0) is 9.84 Å². The lowest BCUT2D eigenvalue weighted by molar-refractivity contribution is 0.579. The first-order chi connectivity index (χ1) is 8.14. The van der Waals surface area contributed by atoms with Gasteiger partial charge in [-0.25, -0.2) is 8.42 Å². The molecule has 1 aliphatic rings. The third-order valence-electron chi connectivity index (χ3n) is 3.30. The molecule has 1 N–H and O–H groups in total. The SMILES string of the molecule is CCNc1ccc(S(=O)(=O)C2CCCC2)cc1. The van der Waals surface area contributed by atoms with Gasteiger partial charge in [-0.15, -0.1) is 0 Å². The van der Waals surface area contributed by atoms with Gasteiger partial charge in [0.25, 0.3) is 0 Å². The Morgan fingerprint density at radius 2 is 1.76 bits per heavy atom. The van der Waals surface area contributed by atoms with Gasteiger partial charge in [0.1, 0.15) is 0 Å². The zero-order valence-electron chi connectivity index (χ0n) is 10.1. The lowest BCUT2D eigenvalue weighted by atomic mass is 10.3. The summed E-state index contributed by atoms with van der Waals surface area (Å²) in [5.41, 5.74) is 0.970. The molecule has 1 aromatic rings. The molecule has 17 heavy (non-hydrogen) atoms. The average Bonchev–Trinajstić information content (AvgIpc) is 2.84. The van der Waals surface area contributed by atoms with Gasteiger partial charge < -0.3 is 5.32 Å². The first kappa shape index (κ1) is 12.4. The minimum absolute atomic E-state index is 0.160. The highest BCUT2D eigenvalue weighted by Crippen LogP contribution is 2.29. The van der Waals surface area contributed by atoms with Crippen molar-refractivity contribution in [2.24, 2.45) is 0 Å². The first-order valence-electron chi connectivity index (χ1n) is 6.22. The maximum Gasteiger partial charge on any atom is 0.181 e. The summed E-state index contributed by atoms with van der Waals surface area (Å²) in [6, 6.07) is 7.11. The summed E-state index contributed by atoms with van der Waals surface area (Å²) in [4.78, 5) is 0.464. The summed E-state index contributed by atoms with van der Waals surface area (Å²) >= 11 is 0. The molecule has 0 heterocycles. The molecular formula is C13H19NO2S. The normalized spacial score (nSPS) is 17.2. The Morgan fingerprint density at radius 3 is 2.29 bits per heavy atom. The van der Waals surface area contributed by atoms with Gasteiger partial charge in [0.2, 0.25) is 0 Å². The number of nitrogens with one attached hydrogen (secondary N) is 1. The van der Waals surface area contributed by atoms with E-state index in [1.165, 1.54) is 0 Å². The van der Waals surface area contributed by atoms with Gasteiger partial charge in [-0.3, -0.25) is 0 Å². The lowest BCUT2D eigenvalue weighted by Gasteiger charge is -2.11. The van der Waals surface area contributed by atoms with Crippen LogP contribution in [0, 0.1) is 0 Å². The molecule has 4 heteroatoms. The van der Waals surface area contributed by atoms with Crippen LogP contribution in [0.25, 0.3) is 0 Å². The van der Waals surface area contributed by atoms with Gasteiger partial charge in [0.05, 0.1) is 10.1 Å². The van der Waals surface area contributed by atoms with Gasteiger partial charge >= 0.3 is 0 Å². The van der Waals surface area contributed by atoms with E-state index in [4.69, 9.17) is 0 Å². The van der Waals surface area contributed by atoms with E-state index < -0.39 is 9.84 Å². The largest absolute Gasteiger partial charge is 0.385 e. The standard InChI is InChI=1S/C13H19NO2S/c1-2-14-11-7-9-13(10-8-11)17(15,16)12-5-3-4-6-12/h7-10,12,14H,2-6H2,1H3. The van der Waals surface area contributed by atoms with Crippen molar-refractivity contribution in [1.82, 2.24) is 0 Å². The fourth-order valence-electron chi connectivity index (χ4n) is 2.36. The van der Waals surface area contributed by atoms with Crippen LogP contribution in [0.15, 0.2) is 29.2 Å². The Morgan fingerprint density at radius 1 is 1.18 bits per heavy atom. The second-order valence-electron chi connectivity index (χ2n) is 4.51. The summed E-state index contributed by atoms with van der Waals surface area (Å²) in [6.45, 7) is 2.86. The Labute approximate surface area is 103 Å². The van der Waals surface area contributed by atoms with Crippen molar-refractivity contribution in [3.05, 3.63) is 24.3 Å². The van der Waals surface area contributed by atoms with Crippen molar-refractivity contribution < 1.29 is 8.42 Å². The molecule has 1 fully saturated rings. The molecule has 94 valence electrons. The first-order valence-corrected chi connectivity index (χ1v) is 7.77. The van der Waals surface area contributed by atoms with Crippen LogP contribution < -0.4 is 5.32 Å². The summed E-state index contributed by atoms with van der Waals surface area (Å²) in [5.74, 6) is 0. The van der Waals surface area contributed by atoms with Crippen molar-refractivity contribution in [3.63, 3.8) is 0 Å². The Kier molecular flexibility index (Phi) is 3.72. The maximum atomic E-state index is 12.3. The summed E-state index contributed by atoms with van der Waals surface area (Å²) in [6.07, 6.45) is 3.72. The number of hydrogen-bond donors (Lipinski definition) is 1. The Hall–Kier alpha value is -1.03. The molecule has 0 aliphatic heterocycles. The number of anilines is 1. The number of hydrogen-bond acceptors (Lipinski definition) is 3. The van der Waals surface area contributed by atoms with E-state index in [0.717, 1.165) is 37.9 Å². The maximum absolute atomic E-state index is 12.3. The van der Waals surface area contributed by atoms with E-state index in [9.17, 15) is 8.42 Å². The molecule has 0 aromatic heterocycles. The highest BCUT2D eigenvalue weighted by Gasteiger charge is 2.29. The van der Waals surface area contributed by atoms with Crippen LogP contribution >= 0.6 is 0 Å². The molecule has 1 aromatic carbocycles. The molecule has 3 nitrogen and oxygen atoms in total. The smallest absolute Gasteiger partial charge is 0.181 e. The van der Waals surface area contributed by atoms with E-state index in [2.05, 4.69) is 5.32 Å². The van der Waals surface area contributed by atoms with Gasteiger partial charge in [0.15, 0.2) is 9.84 Å². The fourth-order valence-corrected chi connectivity index (χ4v) is 4.21. The van der Waals surface area contributed by atoms with Crippen molar-refractivity contribution in [1.29, 1.82) is 0 Å². The average molecular weight is 253 g/mol. The summed E-state index contributed by atoms with van der Waals surface area (Å²) in [7, 11) is -3.10. The number of sulfone groups is 1. The fraction of sp³-hybridized carbons (Fsp3) is 0.538. The zero-order valence-corrected chi connectivity index (χ0v) is 11.0. The molecule has 2 rings (SSSR count). The van der Waals surface area contributed by atoms with Crippen LogP contribution in [0.3, 0.4) is 0 Å². The second kappa shape index (κ2) is 5.08. The summed E-state index contributed by atoms with van der Waals surface area (Å²) < 4.78 is 24.6. The van der Waals surface area contributed by atoms with Crippen LogP contribution in [0.1, 0.15) is 32.6 Å². The predicted octanol–water partition coefficient (Wildman–Crippen LogP) is 2.83. The second-order valence-corrected chi connectivity index (χ2v) is 6.73. The van der Waals surface area contributed by atoms with Gasteiger partial charge in [0, 0.05) is 12.2 Å². The van der Waals surface area contributed by atoms with Crippen LogP contribution in [0.5, 0.6) is 0 Å².